The van der Waals surface area contributed by atoms with E-state index in [4.69, 9.17) is 0 Å². The van der Waals surface area contributed by atoms with Gasteiger partial charge >= 0.3 is 5.97 Å². The monoisotopic (exact) mass is 282 g/mol. The van der Waals surface area contributed by atoms with Gasteiger partial charge in [0.2, 0.25) is 0 Å². The number of hydrogen-bond acceptors (Lipinski definition) is 1. The Hall–Kier alpha value is -2.09. The van der Waals surface area contributed by atoms with Crippen molar-refractivity contribution in [2.75, 3.05) is 0 Å². The second-order valence-corrected chi connectivity index (χ2v) is 6.08. The lowest BCUT2D eigenvalue weighted by Gasteiger charge is -2.25. The van der Waals surface area contributed by atoms with Gasteiger partial charge in [-0.15, -0.1) is 0 Å². The highest BCUT2D eigenvalue weighted by atomic mass is 16.4. The first kappa shape index (κ1) is 15.3. The van der Waals surface area contributed by atoms with E-state index in [1.807, 2.05) is 42.5 Å². The first-order valence-electron chi connectivity index (χ1n) is 7.31. The molecule has 0 bridgehead atoms. The van der Waals surface area contributed by atoms with Crippen molar-refractivity contribution in [3.05, 3.63) is 71.3 Å². The van der Waals surface area contributed by atoms with Gasteiger partial charge in [0.1, 0.15) is 0 Å². The average Bonchev–Trinajstić information content (AvgIpc) is 2.48. The Morgan fingerprint density at radius 3 is 2.10 bits per heavy atom. The normalized spacial score (nSPS) is 13.9. The minimum absolute atomic E-state index is 0.485. The highest BCUT2D eigenvalue weighted by molar-refractivity contribution is 5.81. The van der Waals surface area contributed by atoms with Crippen LogP contribution in [0.5, 0.6) is 0 Å². The molecule has 0 radical (unpaired) electrons. The molecule has 0 amide bonds. The van der Waals surface area contributed by atoms with Crippen molar-refractivity contribution in [2.24, 2.45) is 0 Å². The van der Waals surface area contributed by atoms with Crippen molar-refractivity contribution < 1.29 is 9.90 Å². The fourth-order valence-electron chi connectivity index (χ4n) is 2.54. The van der Waals surface area contributed by atoms with E-state index < -0.39 is 11.4 Å². The number of benzene rings is 2. The highest BCUT2D eigenvalue weighted by Gasteiger charge is 2.35. The van der Waals surface area contributed by atoms with Crippen LogP contribution in [0, 0.1) is 0 Å². The number of hydrogen-bond donors (Lipinski definition) is 1. The Kier molecular flexibility index (Phi) is 4.46. The van der Waals surface area contributed by atoms with Crippen molar-refractivity contribution >= 4 is 5.97 Å². The molecular weight excluding hydrogens is 260 g/mol. The molecule has 0 aromatic heterocycles. The first-order valence-corrected chi connectivity index (χ1v) is 7.31. The van der Waals surface area contributed by atoms with Crippen molar-refractivity contribution in [1.82, 2.24) is 0 Å². The maximum absolute atomic E-state index is 11.8. The maximum Gasteiger partial charge on any atom is 0.314 e. The molecule has 0 heterocycles. The van der Waals surface area contributed by atoms with Crippen molar-refractivity contribution in [1.29, 1.82) is 0 Å². The summed E-state index contributed by atoms with van der Waals surface area (Å²) in [7, 11) is 0. The highest BCUT2D eigenvalue weighted by Crippen LogP contribution is 2.29. The van der Waals surface area contributed by atoms with Gasteiger partial charge in [0.15, 0.2) is 0 Å². The van der Waals surface area contributed by atoms with Crippen molar-refractivity contribution in [3.63, 3.8) is 0 Å². The van der Waals surface area contributed by atoms with E-state index in [1.165, 1.54) is 5.56 Å². The molecule has 2 aromatic rings. The molecule has 110 valence electrons. The number of aliphatic carboxylic acids is 1. The smallest absolute Gasteiger partial charge is 0.314 e. The Morgan fingerprint density at radius 1 is 1.05 bits per heavy atom. The molecule has 0 aliphatic heterocycles. The van der Waals surface area contributed by atoms with Crippen LogP contribution in [0.3, 0.4) is 0 Å². The van der Waals surface area contributed by atoms with E-state index in [2.05, 4.69) is 26.0 Å². The predicted molar refractivity (Wildman–Crippen MR) is 85.7 cm³/mol. The molecule has 0 spiro atoms. The third kappa shape index (κ3) is 3.33. The second kappa shape index (κ2) is 6.13. The lowest BCUT2D eigenvalue weighted by Crippen LogP contribution is -2.34. The average molecular weight is 282 g/mol. The zero-order valence-corrected chi connectivity index (χ0v) is 12.8. The summed E-state index contributed by atoms with van der Waals surface area (Å²) in [6, 6.07) is 17.7. The molecule has 0 saturated carbocycles. The summed E-state index contributed by atoms with van der Waals surface area (Å²) in [5.41, 5.74) is 2.26. The van der Waals surface area contributed by atoms with E-state index in [1.54, 1.807) is 6.92 Å². The van der Waals surface area contributed by atoms with E-state index in [0.29, 0.717) is 12.3 Å². The molecule has 2 aromatic carbocycles. The molecule has 0 fully saturated rings. The van der Waals surface area contributed by atoms with Gasteiger partial charge in [-0.05, 0) is 36.0 Å². The largest absolute Gasteiger partial charge is 0.481 e. The second-order valence-electron chi connectivity index (χ2n) is 6.08. The Labute approximate surface area is 126 Å². The molecule has 0 saturated heterocycles. The Morgan fingerprint density at radius 2 is 1.62 bits per heavy atom. The summed E-state index contributed by atoms with van der Waals surface area (Å²) < 4.78 is 0. The van der Waals surface area contributed by atoms with E-state index in [0.717, 1.165) is 11.1 Å². The van der Waals surface area contributed by atoms with Crippen LogP contribution in [0.2, 0.25) is 0 Å². The summed E-state index contributed by atoms with van der Waals surface area (Å²) in [6.07, 6.45) is 0.491. The summed E-state index contributed by atoms with van der Waals surface area (Å²) in [6.45, 7) is 6.10. The van der Waals surface area contributed by atoms with Crippen LogP contribution >= 0.6 is 0 Å². The minimum atomic E-state index is -0.902. The van der Waals surface area contributed by atoms with Crippen LogP contribution in [0.15, 0.2) is 54.6 Å². The Balaban J connectivity index is 2.30. The molecule has 1 unspecified atom stereocenters. The lowest BCUT2D eigenvalue weighted by atomic mass is 9.77. The van der Waals surface area contributed by atoms with E-state index in [-0.39, 0.29) is 0 Å². The van der Waals surface area contributed by atoms with Crippen LogP contribution in [-0.4, -0.2) is 11.1 Å². The van der Waals surface area contributed by atoms with Gasteiger partial charge in [-0.2, -0.15) is 0 Å². The fraction of sp³-hybridized carbons (Fsp3) is 0.316. The lowest BCUT2D eigenvalue weighted by molar-refractivity contribution is -0.143. The van der Waals surface area contributed by atoms with Gasteiger partial charge in [-0.3, -0.25) is 4.79 Å². The minimum Gasteiger partial charge on any atom is -0.481 e. The SMILES string of the molecule is CC(C)c1ccc(CC(C)(C(=O)O)c2ccccc2)cc1. The molecule has 2 nitrogen and oxygen atoms in total. The summed E-state index contributed by atoms with van der Waals surface area (Å²) >= 11 is 0. The molecule has 0 aliphatic rings. The van der Waals surface area contributed by atoms with Gasteiger partial charge in [0.05, 0.1) is 5.41 Å². The number of carbonyl (C=O) groups is 1. The van der Waals surface area contributed by atoms with E-state index in [9.17, 15) is 9.90 Å². The first-order chi connectivity index (χ1) is 9.93. The van der Waals surface area contributed by atoms with Gasteiger partial charge in [0, 0.05) is 0 Å². The van der Waals surface area contributed by atoms with Gasteiger partial charge in [-0.25, -0.2) is 0 Å². The van der Waals surface area contributed by atoms with Crippen LogP contribution in [0.4, 0.5) is 0 Å². The zero-order valence-electron chi connectivity index (χ0n) is 12.8. The van der Waals surface area contributed by atoms with Gasteiger partial charge in [-0.1, -0.05) is 68.4 Å². The zero-order chi connectivity index (χ0) is 15.5. The Bertz CT molecular complexity index is 599. The molecule has 21 heavy (non-hydrogen) atoms. The van der Waals surface area contributed by atoms with Crippen LogP contribution in [0.1, 0.15) is 43.4 Å². The van der Waals surface area contributed by atoms with Crippen LogP contribution in [-0.2, 0) is 16.6 Å². The summed E-state index contributed by atoms with van der Waals surface area (Å²) in [5, 5.41) is 9.69. The number of carboxylic acid groups (broad SMARTS) is 1. The van der Waals surface area contributed by atoms with Crippen molar-refractivity contribution in [3.8, 4) is 0 Å². The molecule has 1 N–H and O–H groups in total. The van der Waals surface area contributed by atoms with Crippen molar-refractivity contribution in [2.45, 2.75) is 38.5 Å². The molecule has 1 atom stereocenters. The quantitative estimate of drug-likeness (QED) is 0.882. The molecule has 0 aliphatic carbocycles. The summed E-state index contributed by atoms with van der Waals surface area (Å²) in [4.78, 5) is 11.8. The predicted octanol–water partition coefficient (Wildman–Crippen LogP) is 4.40. The number of rotatable bonds is 5. The third-order valence-corrected chi connectivity index (χ3v) is 4.09. The summed E-state index contributed by atoms with van der Waals surface area (Å²) in [5.74, 6) is -0.305. The van der Waals surface area contributed by atoms with Gasteiger partial charge < -0.3 is 5.11 Å². The molecule has 2 rings (SSSR count). The van der Waals surface area contributed by atoms with Crippen LogP contribution in [0.25, 0.3) is 0 Å². The van der Waals surface area contributed by atoms with Gasteiger partial charge in [0.25, 0.3) is 0 Å². The number of carboxylic acids is 1. The topological polar surface area (TPSA) is 37.3 Å². The molecular formula is C19H22O2. The maximum atomic E-state index is 11.8. The third-order valence-electron chi connectivity index (χ3n) is 4.09. The van der Waals surface area contributed by atoms with Crippen LogP contribution < -0.4 is 0 Å². The molecule has 2 heteroatoms. The fourth-order valence-corrected chi connectivity index (χ4v) is 2.54. The van der Waals surface area contributed by atoms with E-state index >= 15 is 0 Å². The standard InChI is InChI=1S/C19H22O2/c1-14(2)16-11-9-15(10-12-16)13-19(3,18(20)21)17-7-5-4-6-8-17/h4-12,14H,13H2,1-3H3,(H,20,21).